The van der Waals surface area contributed by atoms with Gasteiger partial charge in [-0.05, 0) is 50.6 Å². The molecular weight excluding hydrogens is 314 g/mol. The van der Waals surface area contributed by atoms with Crippen LogP contribution in [0.5, 0.6) is 0 Å². The van der Waals surface area contributed by atoms with Gasteiger partial charge in [-0.25, -0.2) is 0 Å². The first-order valence-electron chi connectivity index (χ1n) is 8.11. The Morgan fingerprint density at radius 3 is 2.48 bits per heavy atom. The lowest BCUT2D eigenvalue weighted by Gasteiger charge is -2.26. The van der Waals surface area contributed by atoms with Crippen molar-refractivity contribution in [2.75, 3.05) is 7.05 Å². The van der Waals surface area contributed by atoms with Crippen molar-refractivity contribution in [2.24, 2.45) is 0 Å². The van der Waals surface area contributed by atoms with E-state index in [0.717, 1.165) is 16.8 Å². The summed E-state index contributed by atoms with van der Waals surface area (Å²) in [5.41, 5.74) is 2.84. The summed E-state index contributed by atoms with van der Waals surface area (Å²) in [6, 6.07) is 12.5. The van der Waals surface area contributed by atoms with Crippen LogP contribution in [0.4, 0.5) is 0 Å². The molecule has 130 valence electrons. The minimum absolute atomic E-state index is 0.440. The van der Waals surface area contributed by atoms with E-state index < -0.39 is 17.4 Å². The summed E-state index contributed by atoms with van der Waals surface area (Å²) in [6.45, 7) is 6.08. The molecular formula is C20H23N3O2. The van der Waals surface area contributed by atoms with E-state index in [2.05, 4.69) is 11.1 Å². The molecule has 1 heterocycles. The van der Waals surface area contributed by atoms with Crippen molar-refractivity contribution in [3.05, 3.63) is 65.0 Å². The smallest absolute Gasteiger partial charge is 0.325 e. The van der Waals surface area contributed by atoms with E-state index in [1.807, 2.05) is 45.0 Å². The topological polar surface area (TPSA) is 77.2 Å². The second kappa shape index (κ2) is 7.45. The number of aliphatic carboxylic acids is 1. The van der Waals surface area contributed by atoms with Crippen molar-refractivity contribution in [1.82, 2.24) is 9.88 Å². The van der Waals surface area contributed by atoms with Crippen LogP contribution in [0.2, 0.25) is 0 Å². The lowest BCUT2D eigenvalue weighted by molar-refractivity contribution is -0.143. The second-order valence-electron chi connectivity index (χ2n) is 6.78. The van der Waals surface area contributed by atoms with Crippen LogP contribution >= 0.6 is 0 Å². The SMILES string of the molecule is Cc1cccnc1CN(C)[C@@H](C(=O)O)c1ccc(C(C)(C)C#N)cc1. The first-order chi connectivity index (χ1) is 11.8. The van der Waals surface area contributed by atoms with Gasteiger partial charge in [-0.1, -0.05) is 30.3 Å². The minimum Gasteiger partial charge on any atom is -0.480 e. The lowest BCUT2D eigenvalue weighted by Crippen LogP contribution is -2.31. The van der Waals surface area contributed by atoms with Gasteiger partial charge in [0.05, 0.1) is 17.2 Å². The molecule has 0 saturated carbocycles. The molecule has 0 aliphatic heterocycles. The highest BCUT2D eigenvalue weighted by molar-refractivity contribution is 5.75. The highest BCUT2D eigenvalue weighted by atomic mass is 16.4. The molecule has 0 aliphatic rings. The Bertz CT molecular complexity index is 791. The number of pyridine rings is 1. The van der Waals surface area contributed by atoms with Crippen molar-refractivity contribution in [3.8, 4) is 6.07 Å². The van der Waals surface area contributed by atoms with Crippen LogP contribution in [0.1, 0.15) is 42.3 Å². The molecule has 5 heteroatoms. The van der Waals surface area contributed by atoms with Gasteiger partial charge in [0.25, 0.3) is 0 Å². The maximum atomic E-state index is 11.8. The fourth-order valence-corrected chi connectivity index (χ4v) is 2.74. The third-order valence-corrected chi connectivity index (χ3v) is 4.42. The van der Waals surface area contributed by atoms with Crippen molar-refractivity contribution in [2.45, 2.75) is 38.8 Å². The van der Waals surface area contributed by atoms with E-state index in [1.54, 1.807) is 30.3 Å². The van der Waals surface area contributed by atoms with Gasteiger partial charge < -0.3 is 5.11 Å². The number of rotatable bonds is 6. The molecule has 1 aromatic heterocycles. The zero-order chi connectivity index (χ0) is 18.6. The molecule has 1 N–H and O–H groups in total. The number of carboxylic acids is 1. The predicted molar refractivity (Wildman–Crippen MR) is 95.9 cm³/mol. The molecule has 0 saturated heterocycles. The van der Waals surface area contributed by atoms with Gasteiger partial charge in [0, 0.05) is 12.7 Å². The summed E-state index contributed by atoms with van der Waals surface area (Å²) in [7, 11) is 1.78. The van der Waals surface area contributed by atoms with E-state index in [0.29, 0.717) is 12.1 Å². The molecule has 1 aromatic carbocycles. The predicted octanol–water partition coefficient (Wildman–Crippen LogP) is 3.45. The number of carbonyl (C=O) groups is 1. The van der Waals surface area contributed by atoms with Gasteiger partial charge >= 0.3 is 5.97 Å². The lowest BCUT2D eigenvalue weighted by atomic mass is 9.85. The highest BCUT2D eigenvalue weighted by Crippen LogP contribution is 2.27. The number of nitrogens with zero attached hydrogens (tertiary/aromatic N) is 3. The number of hydrogen-bond donors (Lipinski definition) is 1. The van der Waals surface area contributed by atoms with E-state index in [1.165, 1.54) is 0 Å². The molecule has 0 amide bonds. The highest BCUT2D eigenvalue weighted by Gasteiger charge is 2.26. The fraction of sp³-hybridized carbons (Fsp3) is 0.350. The molecule has 0 spiro atoms. The minimum atomic E-state index is -0.914. The van der Waals surface area contributed by atoms with Crippen LogP contribution in [0, 0.1) is 18.3 Å². The number of aromatic nitrogens is 1. The Hall–Kier alpha value is -2.71. The average molecular weight is 337 g/mol. The number of hydrogen-bond acceptors (Lipinski definition) is 4. The summed E-state index contributed by atoms with van der Waals surface area (Å²) in [6.07, 6.45) is 1.71. The molecule has 1 atom stereocenters. The third-order valence-electron chi connectivity index (χ3n) is 4.42. The maximum Gasteiger partial charge on any atom is 0.325 e. The van der Waals surface area contributed by atoms with Gasteiger partial charge in [0.15, 0.2) is 0 Å². The monoisotopic (exact) mass is 337 g/mol. The summed E-state index contributed by atoms with van der Waals surface area (Å²) in [5.74, 6) is -0.914. The van der Waals surface area contributed by atoms with E-state index in [4.69, 9.17) is 0 Å². The molecule has 5 nitrogen and oxygen atoms in total. The van der Waals surface area contributed by atoms with Gasteiger partial charge in [0.1, 0.15) is 6.04 Å². The van der Waals surface area contributed by atoms with E-state index in [9.17, 15) is 15.2 Å². The van der Waals surface area contributed by atoms with Crippen LogP contribution in [-0.2, 0) is 16.8 Å². The van der Waals surface area contributed by atoms with Crippen LogP contribution < -0.4 is 0 Å². The standard InChI is InChI=1S/C20H23N3O2/c1-14-6-5-11-22-17(14)12-23(4)18(19(24)25)15-7-9-16(10-8-15)20(2,3)13-21/h5-11,18H,12H2,1-4H3,(H,24,25)/t18-/m1/s1. The van der Waals surface area contributed by atoms with E-state index in [-0.39, 0.29) is 0 Å². The molecule has 0 bridgehead atoms. The Morgan fingerprint density at radius 1 is 1.32 bits per heavy atom. The summed E-state index contributed by atoms with van der Waals surface area (Å²) in [4.78, 5) is 17.9. The molecule has 25 heavy (non-hydrogen) atoms. The van der Waals surface area contributed by atoms with Gasteiger partial charge in [-0.2, -0.15) is 5.26 Å². The largest absolute Gasteiger partial charge is 0.480 e. The molecule has 0 fully saturated rings. The number of nitriles is 1. The Kier molecular flexibility index (Phi) is 5.55. The van der Waals surface area contributed by atoms with Crippen molar-refractivity contribution in [1.29, 1.82) is 5.26 Å². The van der Waals surface area contributed by atoms with Crippen molar-refractivity contribution in [3.63, 3.8) is 0 Å². The van der Waals surface area contributed by atoms with Crippen LogP contribution in [0.25, 0.3) is 0 Å². The molecule has 2 rings (SSSR count). The summed E-state index contributed by atoms with van der Waals surface area (Å²) in [5, 5.41) is 18.9. The van der Waals surface area contributed by atoms with Gasteiger partial charge in [-0.15, -0.1) is 0 Å². The number of aryl methyl sites for hydroxylation is 1. The molecule has 0 aliphatic carbocycles. The Labute approximate surface area is 148 Å². The summed E-state index contributed by atoms with van der Waals surface area (Å²) >= 11 is 0. The number of carboxylic acid groups (broad SMARTS) is 1. The van der Waals surface area contributed by atoms with E-state index >= 15 is 0 Å². The fourth-order valence-electron chi connectivity index (χ4n) is 2.74. The number of benzene rings is 1. The molecule has 2 aromatic rings. The Morgan fingerprint density at radius 2 is 1.96 bits per heavy atom. The Balaban J connectivity index is 2.28. The average Bonchev–Trinajstić information content (AvgIpc) is 2.57. The maximum absolute atomic E-state index is 11.8. The van der Waals surface area contributed by atoms with Crippen molar-refractivity contribution < 1.29 is 9.90 Å². The normalized spacial score (nSPS) is 12.6. The quantitative estimate of drug-likeness (QED) is 0.873. The summed E-state index contributed by atoms with van der Waals surface area (Å²) < 4.78 is 0. The third kappa shape index (κ3) is 4.23. The van der Waals surface area contributed by atoms with Gasteiger partial charge in [0.2, 0.25) is 0 Å². The molecule has 0 unspecified atom stereocenters. The second-order valence-corrected chi connectivity index (χ2v) is 6.78. The first-order valence-corrected chi connectivity index (χ1v) is 8.11. The van der Waals surface area contributed by atoms with Crippen molar-refractivity contribution >= 4 is 5.97 Å². The zero-order valence-corrected chi connectivity index (χ0v) is 15.0. The van der Waals surface area contributed by atoms with Crippen LogP contribution in [0.3, 0.4) is 0 Å². The first kappa shape index (κ1) is 18.6. The van der Waals surface area contributed by atoms with Gasteiger partial charge in [-0.3, -0.25) is 14.7 Å². The van der Waals surface area contributed by atoms with Crippen LogP contribution in [0.15, 0.2) is 42.6 Å². The molecule has 0 radical (unpaired) electrons. The number of likely N-dealkylation sites (N-methyl/N-ethyl adjacent to an activating group) is 1. The van der Waals surface area contributed by atoms with Crippen LogP contribution in [-0.4, -0.2) is 28.0 Å². The zero-order valence-electron chi connectivity index (χ0n) is 15.0.